The SMILES string of the molecule is CN(CCC1CCC1)c1c(N)cccc1F. The fourth-order valence-corrected chi connectivity index (χ4v) is 2.20. The van der Waals surface area contributed by atoms with Crippen molar-refractivity contribution in [1.82, 2.24) is 0 Å². The predicted octanol–water partition coefficient (Wildman–Crippen LogP) is 3.03. The Kier molecular flexibility index (Phi) is 3.32. The number of hydrogen-bond acceptors (Lipinski definition) is 2. The summed E-state index contributed by atoms with van der Waals surface area (Å²) in [5.41, 5.74) is 6.86. The molecule has 16 heavy (non-hydrogen) atoms. The fourth-order valence-electron chi connectivity index (χ4n) is 2.20. The lowest BCUT2D eigenvalue weighted by molar-refractivity contribution is 0.299. The summed E-state index contributed by atoms with van der Waals surface area (Å²) in [4.78, 5) is 1.93. The highest BCUT2D eigenvalue weighted by molar-refractivity contribution is 5.67. The molecule has 0 radical (unpaired) electrons. The van der Waals surface area contributed by atoms with E-state index in [0.717, 1.165) is 18.9 Å². The highest BCUT2D eigenvalue weighted by Gasteiger charge is 2.18. The molecular weight excluding hydrogens is 203 g/mol. The molecule has 1 aliphatic rings. The molecule has 2 nitrogen and oxygen atoms in total. The van der Waals surface area contributed by atoms with Gasteiger partial charge in [0.15, 0.2) is 0 Å². The number of nitrogens with zero attached hydrogens (tertiary/aromatic N) is 1. The summed E-state index contributed by atoms with van der Waals surface area (Å²) in [5.74, 6) is 0.617. The third-order valence-corrected chi connectivity index (χ3v) is 3.50. The predicted molar refractivity (Wildman–Crippen MR) is 66.0 cm³/mol. The average Bonchev–Trinajstić information content (AvgIpc) is 2.15. The Morgan fingerprint density at radius 3 is 2.75 bits per heavy atom. The Hall–Kier alpha value is -1.25. The summed E-state index contributed by atoms with van der Waals surface area (Å²) >= 11 is 0. The van der Waals surface area contributed by atoms with Crippen LogP contribution >= 0.6 is 0 Å². The van der Waals surface area contributed by atoms with Crippen molar-refractivity contribution >= 4 is 11.4 Å². The molecule has 1 fully saturated rings. The maximum absolute atomic E-state index is 13.6. The Bertz CT molecular complexity index is 341. The van der Waals surface area contributed by atoms with Crippen LogP contribution in [0.1, 0.15) is 25.7 Å². The second-order valence-electron chi connectivity index (χ2n) is 4.68. The molecule has 0 bridgehead atoms. The van der Waals surface area contributed by atoms with E-state index in [1.165, 1.54) is 25.3 Å². The van der Waals surface area contributed by atoms with E-state index in [4.69, 9.17) is 5.73 Å². The third-order valence-electron chi connectivity index (χ3n) is 3.50. The number of nitrogen functional groups attached to an aromatic ring is 1. The zero-order valence-corrected chi connectivity index (χ0v) is 9.75. The lowest BCUT2D eigenvalue weighted by Crippen LogP contribution is -2.25. The summed E-state index contributed by atoms with van der Waals surface area (Å²) < 4.78 is 13.6. The Labute approximate surface area is 96.2 Å². The maximum atomic E-state index is 13.6. The molecule has 0 atom stereocenters. The van der Waals surface area contributed by atoms with E-state index < -0.39 is 0 Å². The molecule has 0 saturated heterocycles. The molecular formula is C13H19FN2. The zero-order chi connectivity index (χ0) is 11.5. The van der Waals surface area contributed by atoms with Crippen LogP contribution in [-0.4, -0.2) is 13.6 Å². The fraction of sp³-hybridized carbons (Fsp3) is 0.538. The van der Waals surface area contributed by atoms with Gasteiger partial charge in [-0.25, -0.2) is 4.39 Å². The van der Waals surface area contributed by atoms with Gasteiger partial charge in [-0.2, -0.15) is 0 Å². The van der Waals surface area contributed by atoms with Crippen LogP contribution < -0.4 is 10.6 Å². The van der Waals surface area contributed by atoms with Gasteiger partial charge < -0.3 is 10.6 Å². The van der Waals surface area contributed by atoms with E-state index in [1.54, 1.807) is 12.1 Å². The Morgan fingerprint density at radius 2 is 2.19 bits per heavy atom. The van der Waals surface area contributed by atoms with Crippen molar-refractivity contribution in [3.05, 3.63) is 24.0 Å². The summed E-state index contributed by atoms with van der Waals surface area (Å²) in [6.45, 7) is 0.885. The van der Waals surface area contributed by atoms with Gasteiger partial charge in [0, 0.05) is 13.6 Å². The van der Waals surface area contributed by atoms with E-state index in [1.807, 2.05) is 11.9 Å². The van der Waals surface area contributed by atoms with Crippen molar-refractivity contribution in [3.63, 3.8) is 0 Å². The molecule has 2 N–H and O–H groups in total. The highest BCUT2D eigenvalue weighted by Crippen LogP contribution is 2.31. The largest absolute Gasteiger partial charge is 0.397 e. The average molecular weight is 222 g/mol. The highest BCUT2D eigenvalue weighted by atomic mass is 19.1. The van der Waals surface area contributed by atoms with Crippen LogP contribution in [-0.2, 0) is 0 Å². The van der Waals surface area contributed by atoms with E-state index in [9.17, 15) is 4.39 Å². The van der Waals surface area contributed by atoms with Crippen LogP contribution in [0.2, 0.25) is 0 Å². The molecule has 1 aromatic rings. The molecule has 0 amide bonds. The third kappa shape index (κ3) is 2.29. The van der Waals surface area contributed by atoms with Gasteiger partial charge in [0.2, 0.25) is 0 Å². The molecule has 2 rings (SSSR count). The first kappa shape index (κ1) is 11.2. The van der Waals surface area contributed by atoms with Crippen LogP contribution in [0, 0.1) is 11.7 Å². The molecule has 1 aliphatic carbocycles. The van der Waals surface area contributed by atoms with Crippen LogP contribution in [0.3, 0.4) is 0 Å². The number of para-hydroxylation sites is 1. The van der Waals surface area contributed by atoms with Gasteiger partial charge in [0.25, 0.3) is 0 Å². The topological polar surface area (TPSA) is 29.3 Å². The molecule has 88 valence electrons. The summed E-state index contributed by atoms with van der Waals surface area (Å²) in [6, 6.07) is 4.86. The molecule has 0 aromatic heterocycles. The van der Waals surface area contributed by atoms with Gasteiger partial charge in [0.05, 0.1) is 11.4 Å². The monoisotopic (exact) mass is 222 g/mol. The minimum atomic E-state index is -0.226. The molecule has 0 unspecified atom stereocenters. The van der Waals surface area contributed by atoms with Crippen LogP contribution in [0.15, 0.2) is 18.2 Å². The van der Waals surface area contributed by atoms with Gasteiger partial charge in [-0.1, -0.05) is 25.3 Å². The van der Waals surface area contributed by atoms with Crippen molar-refractivity contribution in [2.75, 3.05) is 24.2 Å². The standard InChI is InChI=1S/C13H19FN2/c1-16(9-8-10-4-2-5-10)13-11(14)6-3-7-12(13)15/h3,6-7,10H,2,4-5,8-9,15H2,1H3. The Balaban J connectivity index is 1.98. The second kappa shape index (κ2) is 4.73. The van der Waals surface area contributed by atoms with Crippen molar-refractivity contribution in [3.8, 4) is 0 Å². The van der Waals surface area contributed by atoms with Crippen LogP contribution in [0.5, 0.6) is 0 Å². The minimum absolute atomic E-state index is 0.226. The number of halogens is 1. The summed E-state index contributed by atoms with van der Waals surface area (Å²) in [6.07, 6.45) is 5.17. The van der Waals surface area contributed by atoms with Crippen molar-refractivity contribution in [2.24, 2.45) is 5.92 Å². The first-order valence-electron chi connectivity index (χ1n) is 5.93. The quantitative estimate of drug-likeness (QED) is 0.793. The van der Waals surface area contributed by atoms with Gasteiger partial charge >= 0.3 is 0 Å². The summed E-state index contributed by atoms with van der Waals surface area (Å²) in [7, 11) is 1.91. The maximum Gasteiger partial charge on any atom is 0.148 e. The normalized spacial score (nSPS) is 15.9. The lowest BCUT2D eigenvalue weighted by Gasteiger charge is -2.29. The van der Waals surface area contributed by atoms with Crippen molar-refractivity contribution < 1.29 is 4.39 Å². The molecule has 0 spiro atoms. The number of anilines is 2. The Morgan fingerprint density at radius 1 is 1.44 bits per heavy atom. The van der Waals surface area contributed by atoms with E-state index in [2.05, 4.69) is 0 Å². The van der Waals surface area contributed by atoms with E-state index in [-0.39, 0.29) is 5.82 Å². The van der Waals surface area contributed by atoms with Crippen molar-refractivity contribution in [1.29, 1.82) is 0 Å². The number of benzene rings is 1. The molecule has 1 saturated carbocycles. The van der Waals surface area contributed by atoms with E-state index in [0.29, 0.717) is 11.4 Å². The number of nitrogens with two attached hydrogens (primary N) is 1. The first-order valence-corrected chi connectivity index (χ1v) is 5.93. The number of rotatable bonds is 4. The first-order chi connectivity index (χ1) is 7.68. The minimum Gasteiger partial charge on any atom is -0.397 e. The summed E-state index contributed by atoms with van der Waals surface area (Å²) in [5, 5.41) is 0. The van der Waals surface area contributed by atoms with Gasteiger partial charge in [-0.3, -0.25) is 0 Å². The molecule has 0 aliphatic heterocycles. The van der Waals surface area contributed by atoms with Crippen LogP contribution in [0.4, 0.5) is 15.8 Å². The smallest absolute Gasteiger partial charge is 0.148 e. The lowest BCUT2D eigenvalue weighted by atomic mass is 9.83. The molecule has 1 aromatic carbocycles. The van der Waals surface area contributed by atoms with E-state index >= 15 is 0 Å². The number of hydrogen-bond donors (Lipinski definition) is 1. The van der Waals surface area contributed by atoms with Gasteiger partial charge in [-0.05, 0) is 24.5 Å². The second-order valence-corrected chi connectivity index (χ2v) is 4.68. The van der Waals surface area contributed by atoms with Gasteiger partial charge in [-0.15, -0.1) is 0 Å². The molecule has 3 heteroatoms. The van der Waals surface area contributed by atoms with Crippen molar-refractivity contribution in [2.45, 2.75) is 25.7 Å². The van der Waals surface area contributed by atoms with Crippen LogP contribution in [0.25, 0.3) is 0 Å². The zero-order valence-electron chi connectivity index (χ0n) is 9.75. The van der Waals surface area contributed by atoms with Gasteiger partial charge in [0.1, 0.15) is 5.82 Å². The molecule has 0 heterocycles.